The highest BCUT2D eigenvalue weighted by molar-refractivity contribution is 5.74. The molecule has 0 aromatic carbocycles. The molecule has 1 rings (SSSR count). The first kappa shape index (κ1) is 11.1. The van der Waals surface area contributed by atoms with Crippen molar-refractivity contribution in [2.75, 3.05) is 0 Å². The van der Waals surface area contributed by atoms with Crippen LogP contribution in [0.1, 0.15) is 12.8 Å². The molecule has 1 aromatic heterocycles. The van der Waals surface area contributed by atoms with E-state index in [1.807, 2.05) is 0 Å². The fraction of sp³-hybridized carbons (Fsp3) is 0.333. The van der Waals surface area contributed by atoms with Crippen LogP contribution in [-0.4, -0.2) is 33.0 Å². The lowest BCUT2D eigenvalue weighted by Crippen LogP contribution is -2.32. The molecule has 0 saturated heterocycles. The van der Waals surface area contributed by atoms with E-state index in [2.05, 4.69) is 0 Å². The van der Waals surface area contributed by atoms with Crippen LogP contribution < -0.4 is 4.84 Å². The summed E-state index contributed by atoms with van der Waals surface area (Å²) in [6.07, 6.45) is 1.63. The second-order valence-corrected chi connectivity index (χ2v) is 2.91. The third-order valence-electron chi connectivity index (χ3n) is 1.72. The molecule has 1 heterocycles. The zero-order chi connectivity index (χ0) is 11.3. The first-order chi connectivity index (χ1) is 7.09. The van der Waals surface area contributed by atoms with Gasteiger partial charge < -0.3 is 15.1 Å². The molecule has 6 nitrogen and oxygen atoms in total. The number of hydrogen-bond acceptors (Lipinski definition) is 3. The van der Waals surface area contributed by atoms with E-state index in [4.69, 9.17) is 15.1 Å². The molecule has 0 aliphatic rings. The minimum absolute atomic E-state index is 0.0666. The van der Waals surface area contributed by atoms with Gasteiger partial charge in [0, 0.05) is 25.2 Å². The molecule has 0 aliphatic heterocycles. The van der Waals surface area contributed by atoms with Crippen LogP contribution >= 0.6 is 0 Å². The van der Waals surface area contributed by atoms with E-state index in [-0.39, 0.29) is 12.8 Å². The highest BCUT2D eigenvalue weighted by Crippen LogP contribution is 2.01. The highest BCUT2D eigenvalue weighted by Gasteiger charge is 2.20. The molecule has 1 unspecified atom stereocenters. The minimum atomic E-state index is -1.18. The maximum absolute atomic E-state index is 10.7. The molecule has 2 N–H and O–H groups in total. The standard InChI is InChI=1S/C9H11NO5/c11-8(12)4-3-7(9(13)14)15-10-5-1-2-6-10/h1-2,5-7H,3-4H2,(H,11,12)(H,13,14). The van der Waals surface area contributed by atoms with Gasteiger partial charge in [-0.1, -0.05) is 0 Å². The predicted molar refractivity (Wildman–Crippen MR) is 49.3 cm³/mol. The Morgan fingerprint density at radius 1 is 1.27 bits per heavy atom. The maximum Gasteiger partial charge on any atom is 0.347 e. The summed E-state index contributed by atoms with van der Waals surface area (Å²) in [5, 5.41) is 17.2. The number of hydrogen-bond donors (Lipinski definition) is 2. The molecular weight excluding hydrogens is 202 g/mol. The number of aromatic nitrogens is 1. The van der Waals surface area contributed by atoms with Crippen LogP contribution in [0.5, 0.6) is 0 Å². The van der Waals surface area contributed by atoms with Gasteiger partial charge in [-0.3, -0.25) is 4.79 Å². The highest BCUT2D eigenvalue weighted by atomic mass is 16.7. The van der Waals surface area contributed by atoms with E-state index < -0.39 is 18.0 Å². The molecule has 0 saturated carbocycles. The topological polar surface area (TPSA) is 88.8 Å². The van der Waals surface area contributed by atoms with Gasteiger partial charge in [0.05, 0.1) is 0 Å². The summed E-state index contributed by atoms with van der Waals surface area (Å²) >= 11 is 0. The average Bonchev–Trinajstić information content (AvgIpc) is 2.63. The molecule has 1 atom stereocenters. The SMILES string of the molecule is O=C(O)CCC(On1cccc1)C(=O)O. The molecule has 82 valence electrons. The van der Waals surface area contributed by atoms with E-state index in [9.17, 15) is 9.59 Å². The van der Waals surface area contributed by atoms with Gasteiger partial charge in [-0.05, 0) is 12.1 Å². The fourth-order valence-corrected chi connectivity index (χ4v) is 1.01. The Balaban J connectivity index is 2.51. The Bertz CT molecular complexity index is 332. The monoisotopic (exact) mass is 213 g/mol. The van der Waals surface area contributed by atoms with Crippen LogP contribution in [-0.2, 0) is 9.59 Å². The molecular formula is C9H11NO5. The number of nitrogens with zero attached hydrogens (tertiary/aromatic N) is 1. The summed E-state index contributed by atoms with van der Waals surface area (Å²) in [7, 11) is 0. The summed E-state index contributed by atoms with van der Waals surface area (Å²) in [4.78, 5) is 26.0. The number of carboxylic acids is 2. The van der Waals surface area contributed by atoms with Crippen LogP contribution in [0.4, 0.5) is 0 Å². The Morgan fingerprint density at radius 3 is 2.33 bits per heavy atom. The van der Waals surface area contributed by atoms with Crippen LogP contribution in [0.15, 0.2) is 24.5 Å². The number of rotatable bonds is 6. The van der Waals surface area contributed by atoms with E-state index in [1.54, 1.807) is 12.1 Å². The van der Waals surface area contributed by atoms with Gasteiger partial charge >= 0.3 is 11.9 Å². The van der Waals surface area contributed by atoms with Crippen molar-refractivity contribution in [3.63, 3.8) is 0 Å². The quantitative estimate of drug-likeness (QED) is 0.706. The normalized spacial score (nSPS) is 12.0. The number of aliphatic carboxylic acids is 2. The van der Waals surface area contributed by atoms with Gasteiger partial charge in [0.25, 0.3) is 0 Å². The maximum atomic E-state index is 10.7. The van der Waals surface area contributed by atoms with Crippen LogP contribution in [0.25, 0.3) is 0 Å². The molecule has 0 bridgehead atoms. The Kier molecular flexibility index (Phi) is 3.73. The van der Waals surface area contributed by atoms with Crippen LogP contribution in [0, 0.1) is 0 Å². The molecule has 1 aromatic rings. The van der Waals surface area contributed by atoms with Crippen molar-refractivity contribution in [1.29, 1.82) is 0 Å². The lowest BCUT2D eigenvalue weighted by molar-refractivity contribution is -0.152. The smallest absolute Gasteiger partial charge is 0.347 e. The van der Waals surface area contributed by atoms with Crippen molar-refractivity contribution in [2.24, 2.45) is 0 Å². The zero-order valence-electron chi connectivity index (χ0n) is 7.87. The van der Waals surface area contributed by atoms with E-state index in [1.165, 1.54) is 17.1 Å². The summed E-state index contributed by atoms with van der Waals surface area (Å²) < 4.78 is 1.24. The average molecular weight is 213 g/mol. The summed E-state index contributed by atoms with van der Waals surface area (Å²) in [6, 6.07) is 3.35. The third-order valence-corrected chi connectivity index (χ3v) is 1.72. The van der Waals surface area contributed by atoms with Crippen molar-refractivity contribution in [2.45, 2.75) is 18.9 Å². The molecule has 0 fully saturated rings. The zero-order valence-corrected chi connectivity index (χ0v) is 7.87. The Morgan fingerprint density at radius 2 is 1.87 bits per heavy atom. The van der Waals surface area contributed by atoms with Crippen molar-refractivity contribution in [1.82, 2.24) is 4.73 Å². The number of carbonyl (C=O) groups is 2. The second-order valence-electron chi connectivity index (χ2n) is 2.91. The molecule has 0 aliphatic carbocycles. The predicted octanol–water partition coefficient (Wildman–Crippen LogP) is 0.235. The summed E-state index contributed by atoms with van der Waals surface area (Å²) in [5.74, 6) is -2.22. The van der Waals surface area contributed by atoms with Crippen LogP contribution in [0.2, 0.25) is 0 Å². The van der Waals surface area contributed by atoms with Gasteiger partial charge in [-0.15, -0.1) is 0 Å². The molecule has 0 radical (unpaired) electrons. The Hall–Kier alpha value is -1.98. The molecule has 6 heteroatoms. The van der Waals surface area contributed by atoms with Gasteiger partial charge in [0.2, 0.25) is 6.10 Å². The van der Waals surface area contributed by atoms with Crippen LogP contribution in [0.3, 0.4) is 0 Å². The molecule has 15 heavy (non-hydrogen) atoms. The first-order valence-electron chi connectivity index (χ1n) is 4.34. The molecule has 0 amide bonds. The van der Waals surface area contributed by atoms with Crippen molar-refractivity contribution >= 4 is 11.9 Å². The largest absolute Gasteiger partial charge is 0.481 e. The summed E-state index contributed by atoms with van der Waals surface area (Å²) in [5.41, 5.74) is 0. The molecule has 0 spiro atoms. The lowest BCUT2D eigenvalue weighted by Gasteiger charge is -2.13. The fourth-order valence-electron chi connectivity index (χ4n) is 1.01. The van der Waals surface area contributed by atoms with Gasteiger partial charge in [0.1, 0.15) is 0 Å². The number of carboxylic acid groups (broad SMARTS) is 2. The first-order valence-corrected chi connectivity index (χ1v) is 4.34. The third kappa shape index (κ3) is 3.72. The van der Waals surface area contributed by atoms with Gasteiger partial charge in [0.15, 0.2) is 0 Å². The van der Waals surface area contributed by atoms with Crippen molar-refractivity contribution < 1.29 is 24.6 Å². The lowest BCUT2D eigenvalue weighted by atomic mass is 10.2. The minimum Gasteiger partial charge on any atom is -0.481 e. The summed E-state index contributed by atoms with van der Waals surface area (Å²) in [6.45, 7) is 0. The Labute approximate surface area is 85.7 Å². The van der Waals surface area contributed by atoms with E-state index in [0.29, 0.717) is 0 Å². The van der Waals surface area contributed by atoms with Gasteiger partial charge in [-0.25, -0.2) is 4.79 Å². The van der Waals surface area contributed by atoms with Gasteiger partial charge in [-0.2, -0.15) is 4.73 Å². The van der Waals surface area contributed by atoms with Crippen molar-refractivity contribution in [3.8, 4) is 0 Å². The van der Waals surface area contributed by atoms with Crippen molar-refractivity contribution in [3.05, 3.63) is 24.5 Å². The van der Waals surface area contributed by atoms with E-state index in [0.717, 1.165) is 0 Å². The second kappa shape index (κ2) is 5.04. The van der Waals surface area contributed by atoms with E-state index >= 15 is 0 Å².